The fourth-order valence-electron chi connectivity index (χ4n) is 1.74. The average Bonchev–Trinajstić information content (AvgIpc) is 2.86. The van der Waals surface area contributed by atoms with Crippen LogP contribution >= 0.6 is 11.3 Å². The highest BCUT2D eigenvalue weighted by Gasteiger charge is 2.08. The lowest BCUT2D eigenvalue weighted by molar-refractivity contribution is 0.399. The summed E-state index contributed by atoms with van der Waals surface area (Å²) >= 11 is 1.58. The third-order valence-electron chi connectivity index (χ3n) is 2.63. The van der Waals surface area contributed by atoms with Crippen LogP contribution in [0.4, 0.5) is 0 Å². The maximum atomic E-state index is 5.56. The molecule has 0 saturated carbocycles. The van der Waals surface area contributed by atoms with E-state index in [1.54, 1.807) is 25.6 Å². The topological polar surface area (TPSA) is 57.4 Å². The lowest BCUT2D eigenvalue weighted by Gasteiger charge is -2.09. The van der Waals surface area contributed by atoms with Gasteiger partial charge in [-0.15, -0.1) is 11.3 Å². The number of hydrogen-bond acceptors (Lipinski definition) is 5. The zero-order valence-corrected chi connectivity index (χ0v) is 11.3. The van der Waals surface area contributed by atoms with Crippen molar-refractivity contribution >= 4 is 11.3 Å². The second-order valence-corrected chi connectivity index (χ2v) is 4.73. The Morgan fingerprint density at radius 3 is 2.72 bits per heavy atom. The van der Waals surface area contributed by atoms with Gasteiger partial charge in [0, 0.05) is 23.9 Å². The summed E-state index contributed by atoms with van der Waals surface area (Å²) in [4.78, 5) is 4.45. The van der Waals surface area contributed by atoms with E-state index in [2.05, 4.69) is 4.98 Å². The molecule has 1 heterocycles. The normalized spacial score (nSPS) is 10.4. The van der Waals surface area contributed by atoms with Gasteiger partial charge in [0.1, 0.15) is 16.5 Å². The number of benzene rings is 1. The minimum absolute atomic E-state index is 0.486. The van der Waals surface area contributed by atoms with Crippen LogP contribution in [0.5, 0.6) is 11.5 Å². The molecule has 2 aromatic rings. The molecule has 2 N–H and O–H groups in total. The Labute approximate surface area is 110 Å². The van der Waals surface area contributed by atoms with Crippen LogP contribution in [-0.2, 0) is 13.0 Å². The second kappa shape index (κ2) is 5.84. The number of rotatable bonds is 5. The van der Waals surface area contributed by atoms with Crippen LogP contribution in [0.2, 0.25) is 0 Å². The molecule has 0 spiro atoms. The van der Waals surface area contributed by atoms with Gasteiger partial charge in [0.25, 0.3) is 0 Å². The zero-order valence-electron chi connectivity index (χ0n) is 10.5. The predicted molar refractivity (Wildman–Crippen MR) is 72.4 cm³/mol. The van der Waals surface area contributed by atoms with E-state index in [1.807, 2.05) is 23.6 Å². The molecule has 0 saturated heterocycles. The Morgan fingerprint density at radius 1 is 1.28 bits per heavy atom. The molecule has 0 aliphatic rings. The van der Waals surface area contributed by atoms with Crippen LogP contribution in [0, 0.1) is 0 Å². The van der Waals surface area contributed by atoms with Crippen molar-refractivity contribution in [2.24, 2.45) is 5.73 Å². The highest BCUT2D eigenvalue weighted by molar-refractivity contribution is 7.09. The molecule has 0 fully saturated rings. The minimum atomic E-state index is 0.486. The van der Waals surface area contributed by atoms with Gasteiger partial charge >= 0.3 is 0 Å². The molecule has 1 aromatic carbocycles. The van der Waals surface area contributed by atoms with Crippen molar-refractivity contribution in [3.05, 3.63) is 39.8 Å². The van der Waals surface area contributed by atoms with Crippen LogP contribution in [0.25, 0.3) is 0 Å². The second-order valence-electron chi connectivity index (χ2n) is 3.79. The van der Waals surface area contributed by atoms with Gasteiger partial charge in [0.2, 0.25) is 0 Å². The molecule has 2 rings (SSSR count). The molecule has 96 valence electrons. The first-order valence-electron chi connectivity index (χ1n) is 5.61. The predicted octanol–water partition coefficient (Wildman–Crippen LogP) is 2.21. The summed E-state index contributed by atoms with van der Waals surface area (Å²) in [6.07, 6.45) is 0.719. The quantitative estimate of drug-likeness (QED) is 0.899. The van der Waals surface area contributed by atoms with Crippen molar-refractivity contribution in [3.63, 3.8) is 0 Å². The third-order valence-corrected chi connectivity index (χ3v) is 3.55. The molecular formula is C13H16N2O2S. The van der Waals surface area contributed by atoms with Crippen LogP contribution in [0.15, 0.2) is 23.6 Å². The van der Waals surface area contributed by atoms with Crippen LogP contribution < -0.4 is 15.2 Å². The smallest absolute Gasteiger partial charge is 0.122 e. The van der Waals surface area contributed by atoms with Gasteiger partial charge in [0.15, 0.2) is 0 Å². The number of ether oxygens (including phenoxy) is 2. The van der Waals surface area contributed by atoms with Gasteiger partial charge in [-0.1, -0.05) is 0 Å². The molecule has 0 amide bonds. The summed E-state index contributed by atoms with van der Waals surface area (Å²) in [7, 11) is 3.32. The van der Waals surface area contributed by atoms with Crippen molar-refractivity contribution in [1.29, 1.82) is 0 Å². The number of hydrogen-bond donors (Lipinski definition) is 1. The number of thiazole rings is 1. The first-order valence-corrected chi connectivity index (χ1v) is 6.49. The summed E-state index contributed by atoms with van der Waals surface area (Å²) in [5, 5.41) is 2.98. The number of methoxy groups -OCH3 is 2. The fourth-order valence-corrected chi connectivity index (χ4v) is 2.41. The van der Waals surface area contributed by atoms with Crippen molar-refractivity contribution in [2.75, 3.05) is 14.2 Å². The van der Waals surface area contributed by atoms with Gasteiger partial charge in [-0.05, 0) is 18.2 Å². The van der Waals surface area contributed by atoms with Gasteiger partial charge in [-0.25, -0.2) is 4.98 Å². The molecule has 0 radical (unpaired) electrons. The fraction of sp³-hybridized carbons (Fsp3) is 0.308. The summed E-state index contributed by atoms with van der Waals surface area (Å²) in [6, 6.07) is 5.76. The molecule has 0 aliphatic carbocycles. The van der Waals surface area contributed by atoms with E-state index >= 15 is 0 Å². The SMILES string of the molecule is COc1ccc(OC)c(Cc2csc(CN)n2)c1. The third kappa shape index (κ3) is 2.80. The van der Waals surface area contributed by atoms with Crippen molar-refractivity contribution in [1.82, 2.24) is 4.98 Å². The van der Waals surface area contributed by atoms with E-state index < -0.39 is 0 Å². The van der Waals surface area contributed by atoms with Gasteiger partial charge in [-0.2, -0.15) is 0 Å². The molecular weight excluding hydrogens is 248 g/mol. The molecule has 5 heteroatoms. The van der Waals surface area contributed by atoms with E-state index in [0.29, 0.717) is 6.54 Å². The Bertz CT molecular complexity index is 525. The first-order chi connectivity index (χ1) is 8.76. The van der Waals surface area contributed by atoms with E-state index in [4.69, 9.17) is 15.2 Å². The Kier molecular flexibility index (Phi) is 4.17. The standard InChI is InChI=1S/C13H16N2O2S/c1-16-11-3-4-12(17-2)9(6-11)5-10-8-18-13(7-14)15-10/h3-4,6,8H,5,7,14H2,1-2H3. The first kappa shape index (κ1) is 12.9. The minimum Gasteiger partial charge on any atom is -0.497 e. The maximum Gasteiger partial charge on any atom is 0.122 e. The lowest BCUT2D eigenvalue weighted by atomic mass is 10.1. The Morgan fingerprint density at radius 2 is 2.11 bits per heavy atom. The van der Waals surface area contributed by atoms with Crippen molar-refractivity contribution in [2.45, 2.75) is 13.0 Å². The lowest BCUT2D eigenvalue weighted by Crippen LogP contribution is -1.98. The van der Waals surface area contributed by atoms with Gasteiger partial charge in [0.05, 0.1) is 19.9 Å². The zero-order chi connectivity index (χ0) is 13.0. The van der Waals surface area contributed by atoms with Crippen LogP contribution in [0.3, 0.4) is 0 Å². The van der Waals surface area contributed by atoms with Gasteiger partial charge < -0.3 is 15.2 Å². The molecule has 18 heavy (non-hydrogen) atoms. The average molecular weight is 264 g/mol. The molecule has 4 nitrogen and oxygen atoms in total. The molecule has 0 atom stereocenters. The highest BCUT2D eigenvalue weighted by atomic mass is 32.1. The van der Waals surface area contributed by atoms with E-state index in [0.717, 1.165) is 34.2 Å². The highest BCUT2D eigenvalue weighted by Crippen LogP contribution is 2.26. The Balaban J connectivity index is 2.25. The van der Waals surface area contributed by atoms with Gasteiger partial charge in [-0.3, -0.25) is 0 Å². The maximum absolute atomic E-state index is 5.56. The summed E-state index contributed by atoms with van der Waals surface area (Å²) in [5.74, 6) is 1.66. The Hall–Kier alpha value is -1.59. The summed E-state index contributed by atoms with van der Waals surface area (Å²) in [5.41, 5.74) is 7.63. The monoisotopic (exact) mass is 264 g/mol. The number of nitrogens with zero attached hydrogens (tertiary/aromatic N) is 1. The summed E-state index contributed by atoms with van der Waals surface area (Å²) < 4.78 is 10.6. The summed E-state index contributed by atoms with van der Waals surface area (Å²) in [6.45, 7) is 0.486. The van der Waals surface area contributed by atoms with E-state index in [1.165, 1.54) is 0 Å². The van der Waals surface area contributed by atoms with Crippen molar-refractivity contribution < 1.29 is 9.47 Å². The molecule has 1 aromatic heterocycles. The van der Waals surface area contributed by atoms with E-state index in [9.17, 15) is 0 Å². The van der Waals surface area contributed by atoms with E-state index in [-0.39, 0.29) is 0 Å². The molecule has 0 aliphatic heterocycles. The number of nitrogens with two attached hydrogens (primary N) is 1. The largest absolute Gasteiger partial charge is 0.497 e. The molecule has 0 unspecified atom stereocenters. The van der Waals surface area contributed by atoms with Crippen LogP contribution in [0.1, 0.15) is 16.3 Å². The van der Waals surface area contributed by atoms with Crippen LogP contribution in [-0.4, -0.2) is 19.2 Å². The number of aromatic nitrogens is 1. The molecule has 0 bridgehead atoms. The van der Waals surface area contributed by atoms with Crippen molar-refractivity contribution in [3.8, 4) is 11.5 Å².